The van der Waals surface area contributed by atoms with E-state index in [0.29, 0.717) is 12.8 Å². The SMILES string of the molecule is CC(C)CCCCCCC(=O)O.CC(C)CCCCCCC(=O)O.[Cd+2]. The van der Waals surface area contributed by atoms with Crippen LogP contribution in [0.3, 0.4) is 0 Å². The molecule has 5 heteroatoms. The molecule has 0 spiro atoms. The van der Waals surface area contributed by atoms with Gasteiger partial charge in [0.1, 0.15) is 0 Å². The van der Waals surface area contributed by atoms with Gasteiger partial charge in [-0.2, -0.15) is 0 Å². The monoisotopic (exact) mass is 458 g/mol. The van der Waals surface area contributed by atoms with Crippen LogP contribution in [0.4, 0.5) is 0 Å². The third kappa shape index (κ3) is 35.7. The summed E-state index contributed by atoms with van der Waals surface area (Å²) in [5.41, 5.74) is 0. The maximum Gasteiger partial charge on any atom is 2.00 e. The minimum atomic E-state index is -0.668. The summed E-state index contributed by atoms with van der Waals surface area (Å²) in [4.78, 5) is 20.3. The van der Waals surface area contributed by atoms with Crippen LogP contribution < -0.4 is 0 Å². The topological polar surface area (TPSA) is 74.6 Å². The van der Waals surface area contributed by atoms with Crippen molar-refractivity contribution in [2.45, 2.75) is 105 Å². The van der Waals surface area contributed by atoms with Crippen molar-refractivity contribution in [1.82, 2.24) is 0 Å². The largest absolute Gasteiger partial charge is 2.00 e. The van der Waals surface area contributed by atoms with Crippen LogP contribution in [0.2, 0.25) is 0 Å². The van der Waals surface area contributed by atoms with Gasteiger partial charge >= 0.3 is 39.2 Å². The van der Waals surface area contributed by atoms with Crippen molar-refractivity contribution in [3.05, 3.63) is 0 Å². The summed E-state index contributed by atoms with van der Waals surface area (Å²) < 4.78 is 0. The molecule has 0 aliphatic carbocycles. The molecule has 0 radical (unpaired) electrons. The fraction of sp³-hybridized carbons (Fsp3) is 0.900. The summed E-state index contributed by atoms with van der Waals surface area (Å²) in [5, 5.41) is 16.7. The molecule has 0 aromatic heterocycles. The van der Waals surface area contributed by atoms with Gasteiger partial charge in [-0.3, -0.25) is 9.59 Å². The number of hydrogen-bond donors (Lipinski definition) is 2. The van der Waals surface area contributed by atoms with Crippen LogP contribution in [-0.4, -0.2) is 22.2 Å². The summed E-state index contributed by atoms with van der Waals surface area (Å²) in [6.07, 6.45) is 11.9. The Kier molecular flexibility index (Phi) is 26.0. The fourth-order valence-electron chi connectivity index (χ4n) is 2.36. The van der Waals surface area contributed by atoms with Gasteiger partial charge < -0.3 is 10.2 Å². The zero-order valence-corrected chi connectivity index (χ0v) is 21.1. The van der Waals surface area contributed by atoms with Crippen molar-refractivity contribution in [3.63, 3.8) is 0 Å². The van der Waals surface area contributed by atoms with E-state index in [4.69, 9.17) is 10.2 Å². The molecular formula is C20H40CdO4+2. The fourth-order valence-corrected chi connectivity index (χ4v) is 2.36. The van der Waals surface area contributed by atoms with E-state index >= 15 is 0 Å². The maximum atomic E-state index is 10.1. The molecule has 2 N–H and O–H groups in total. The molecule has 144 valence electrons. The molecular weight excluding hydrogens is 417 g/mol. The predicted octanol–water partition coefficient (Wildman–Crippen LogP) is 6.13. The first-order valence-electron chi connectivity index (χ1n) is 9.69. The molecule has 0 amide bonds. The summed E-state index contributed by atoms with van der Waals surface area (Å²) in [6, 6.07) is 0. The van der Waals surface area contributed by atoms with E-state index in [0.717, 1.165) is 37.5 Å². The van der Waals surface area contributed by atoms with E-state index in [-0.39, 0.29) is 27.3 Å². The van der Waals surface area contributed by atoms with Crippen LogP contribution in [0.1, 0.15) is 105 Å². The summed E-state index contributed by atoms with van der Waals surface area (Å²) in [7, 11) is 0. The van der Waals surface area contributed by atoms with Gasteiger partial charge in [0.25, 0.3) is 0 Å². The van der Waals surface area contributed by atoms with E-state index in [9.17, 15) is 9.59 Å². The molecule has 0 bridgehead atoms. The van der Waals surface area contributed by atoms with Crippen molar-refractivity contribution in [1.29, 1.82) is 0 Å². The number of carbonyl (C=O) groups is 2. The van der Waals surface area contributed by atoms with E-state index < -0.39 is 11.9 Å². The normalized spacial score (nSPS) is 10.2. The molecule has 0 aliphatic rings. The van der Waals surface area contributed by atoms with E-state index in [2.05, 4.69) is 27.7 Å². The Morgan fingerprint density at radius 1 is 0.600 bits per heavy atom. The van der Waals surface area contributed by atoms with Crippen LogP contribution >= 0.6 is 0 Å². The third-order valence-corrected chi connectivity index (χ3v) is 3.84. The Balaban J connectivity index is -0.000000372. The van der Waals surface area contributed by atoms with Gasteiger partial charge in [-0.05, 0) is 24.7 Å². The minimum absolute atomic E-state index is 0. The van der Waals surface area contributed by atoms with Crippen molar-refractivity contribution in [2.24, 2.45) is 11.8 Å². The molecule has 25 heavy (non-hydrogen) atoms. The maximum absolute atomic E-state index is 10.1. The summed E-state index contributed by atoms with van der Waals surface area (Å²) in [5.74, 6) is 0.228. The first-order valence-corrected chi connectivity index (χ1v) is 9.69. The van der Waals surface area contributed by atoms with Crippen molar-refractivity contribution >= 4 is 11.9 Å². The van der Waals surface area contributed by atoms with Crippen molar-refractivity contribution < 1.29 is 47.1 Å². The molecule has 0 fully saturated rings. The number of carboxylic acids is 2. The molecule has 0 heterocycles. The zero-order valence-electron chi connectivity index (χ0n) is 17.1. The minimum Gasteiger partial charge on any atom is -0.481 e. The first-order chi connectivity index (χ1) is 11.3. The average Bonchev–Trinajstić information content (AvgIpc) is 2.46. The number of hydrogen-bond acceptors (Lipinski definition) is 2. The second-order valence-electron chi connectivity index (χ2n) is 7.48. The van der Waals surface area contributed by atoms with Crippen molar-refractivity contribution in [3.8, 4) is 0 Å². The summed E-state index contributed by atoms with van der Waals surface area (Å²) in [6.45, 7) is 8.88. The van der Waals surface area contributed by atoms with E-state index in [1.807, 2.05) is 0 Å². The van der Waals surface area contributed by atoms with Gasteiger partial charge in [0.05, 0.1) is 0 Å². The van der Waals surface area contributed by atoms with Gasteiger partial charge in [0, 0.05) is 12.8 Å². The Hall–Kier alpha value is -0.138. The number of aliphatic carboxylic acids is 2. The van der Waals surface area contributed by atoms with E-state index in [1.165, 1.54) is 38.5 Å². The van der Waals surface area contributed by atoms with Crippen molar-refractivity contribution in [2.75, 3.05) is 0 Å². The van der Waals surface area contributed by atoms with Crippen LogP contribution in [0.15, 0.2) is 0 Å². The third-order valence-electron chi connectivity index (χ3n) is 3.84. The Morgan fingerprint density at radius 2 is 0.880 bits per heavy atom. The number of unbranched alkanes of at least 4 members (excludes halogenated alkanes) is 6. The second kappa shape index (κ2) is 21.9. The molecule has 0 saturated heterocycles. The number of rotatable bonds is 14. The van der Waals surface area contributed by atoms with Gasteiger partial charge in [0.2, 0.25) is 0 Å². The quantitative estimate of drug-likeness (QED) is 0.243. The molecule has 0 aromatic rings. The molecule has 0 aliphatic heterocycles. The Bertz CT molecular complexity index is 274. The number of carboxylic acid groups (broad SMARTS) is 2. The standard InChI is InChI=1S/2C10H20O2.Cd/c2*1-9(2)7-5-3-4-6-8-10(11)12;/h2*9H,3-8H2,1-2H3,(H,11,12);/q;;+2. The van der Waals surface area contributed by atoms with E-state index in [1.54, 1.807) is 0 Å². The summed E-state index contributed by atoms with van der Waals surface area (Å²) >= 11 is 0. The molecule has 0 unspecified atom stereocenters. The van der Waals surface area contributed by atoms with Gasteiger partial charge in [-0.25, -0.2) is 0 Å². The van der Waals surface area contributed by atoms with Gasteiger partial charge in [0.15, 0.2) is 0 Å². The molecule has 0 rings (SSSR count). The molecule has 4 nitrogen and oxygen atoms in total. The van der Waals surface area contributed by atoms with Crippen LogP contribution in [0, 0.1) is 11.8 Å². The molecule has 0 atom stereocenters. The molecule has 0 saturated carbocycles. The van der Waals surface area contributed by atoms with Gasteiger partial charge in [-0.1, -0.05) is 79.1 Å². The Morgan fingerprint density at radius 3 is 1.12 bits per heavy atom. The molecule has 0 aromatic carbocycles. The average molecular weight is 457 g/mol. The zero-order chi connectivity index (χ0) is 18.8. The first kappa shape index (κ1) is 29.6. The van der Waals surface area contributed by atoms with Crippen LogP contribution in [0.5, 0.6) is 0 Å². The Labute approximate surface area is 175 Å². The van der Waals surface area contributed by atoms with Gasteiger partial charge in [-0.15, -0.1) is 0 Å². The predicted molar refractivity (Wildman–Crippen MR) is 100 cm³/mol. The smallest absolute Gasteiger partial charge is 0.481 e. The second-order valence-corrected chi connectivity index (χ2v) is 7.48. The van der Waals surface area contributed by atoms with Crippen LogP contribution in [-0.2, 0) is 36.9 Å². The van der Waals surface area contributed by atoms with Crippen LogP contribution in [0.25, 0.3) is 0 Å².